The molecule has 1 unspecified atom stereocenters. The summed E-state index contributed by atoms with van der Waals surface area (Å²) in [6.07, 6.45) is 8.80. The van der Waals surface area contributed by atoms with Gasteiger partial charge in [-0.1, -0.05) is 11.6 Å². The Bertz CT molecular complexity index is 261. The van der Waals surface area contributed by atoms with Crippen LogP contribution >= 0.6 is 0 Å². The smallest absolute Gasteiger partial charge is 0.304 e. The summed E-state index contributed by atoms with van der Waals surface area (Å²) in [6, 6.07) is 0.127. The van der Waals surface area contributed by atoms with Gasteiger partial charge < -0.3 is 10.0 Å². The van der Waals surface area contributed by atoms with Crippen LogP contribution in [0.25, 0.3) is 0 Å². The van der Waals surface area contributed by atoms with Crippen LogP contribution in [0.4, 0.5) is 0 Å². The summed E-state index contributed by atoms with van der Waals surface area (Å²) in [5.41, 5.74) is 1.56. The third kappa shape index (κ3) is 4.79. The Balaban J connectivity index is 2.25. The van der Waals surface area contributed by atoms with Crippen LogP contribution in [-0.2, 0) is 4.79 Å². The molecule has 1 aliphatic rings. The van der Waals surface area contributed by atoms with Crippen LogP contribution in [0.5, 0.6) is 0 Å². The van der Waals surface area contributed by atoms with Crippen molar-refractivity contribution in [3.63, 3.8) is 0 Å². The van der Waals surface area contributed by atoms with E-state index in [0.29, 0.717) is 0 Å². The van der Waals surface area contributed by atoms with Gasteiger partial charge in [-0.25, -0.2) is 0 Å². The van der Waals surface area contributed by atoms with Crippen molar-refractivity contribution in [3.05, 3.63) is 11.6 Å². The third-order valence-corrected chi connectivity index (χ3v) is 3.39. The number of allylic oxidation sites excluding steroid dienone is 1. The fourth-order valence-electron chi connectivity index (χ4n) is 2.08. The van der Waals surface area contributed by atoms with E-state index in [0.717, 1.165) is 13.0 Å². The molecule has 0 radical (unpaired) electrons. The van der Waals surface area contributed by atoms with E-state index in [1.165, 1.54) is 25.7 Å². The topological polar surface area (TPSA) is 40.5 Å². The van der Waals surface area contributed by atoms with Crippen molar-refractivity contribution in [2.75, 3.05) is 13.6 Å². The Kier molecular flexibility index (Phi) is 5.53. The molecular weight excluding hydrogens is 202 g/mol. The van der Waals surface area contributed by atoms with Gasteiger partial charge in [0.2, 0.25) is 0 Å². The number of hydrogen-bond donors (Lipinski definition) is 1. The van der Waals surface area contributed by atoms with Crippen LogP contribution in [0.1, 0.15) is 45.4 Å². The van der Waals surface area contributed by atoms with Crippen LogP contribution in [0.2, 0.25) is 0 Å². The molecule has 16 heavy (non-hydrogen) atoms. The summed E-state index contributed by atoms with van der Waals surface area (Å²) in [6.45, 7) is 2.95. The van der Waals surface area contributed by atoms with E-state index in [9.17, 15) is 4.79 Å². The second kappa shape index (κ2) is 6.69. The van der Waals surface area contributed by atoms with E-state index in [-0.39, 0.29) is 12.5 Å². The minimum absolute atomic E-state index is 0.127. The molecule has 1 atom stereocenters. The minimum Gasteiger partial charge on any atom is -0.481 e. The zero-order valence-corrected chi connectivity index (χ0v) is 10.4. The normalized spacial score (nSPS) is 18.3. The number of nitrogens with zero attached hydrogens (tertiary/aromatic N) is 1. The first kappa shape index (κ1) is 13.2. The summed E-state index contributed by atoms with van der Waals surface area (Å²) < 4.78 is 0. The van der Waals surface area contributed by atoms with Crippen molar-refractivity contribution in [2.45, 2.75) is 51.5 Å². The highest BCUT2D eigenvalue weighted by atomic mass is 16.4. The van der Waals surface area contributed by atoms with Crippen LogP contribution in [0, 0.1) is 0 Å². The molecule has 3 nitrogen and oxygen atoms in total. The highest BCUT2D eigenvalue weighted by Gasteiger charge is 2.13. The van der Waals surface area contributed by atoms with Gasteiger partial charge in [0.1, 0.15) is 0 Å². The summed E-state index contributed by atoms with van der Waals surface area (Å²) >= 11 is 0. The number of carboxylic acids is 1. The van der Waals surface area contributed by atoms with E-state index in [1.54, 1.807) is 5.57 Å². The van der Waals surface area contributed by atoms with Crippen molar-refractivity contribution in [3.8, 4) is 0 Å². The van der Waals surface area contributed by atoms with Gasteiger partial charge in [0.05, 0.1) is 6.42 Å². The highest BCUT2D eigenvalue weighted by molar-refractivity contribution is 5.67. The van der Waals surface area contributed by atoms with E-state index in [2.05, 4.69) is 11.0 Å². The maximum atomic E-state index is 10.6. The first-order valence-electron chi connectivity index (χ1n) is 6.19. The molecule has 0 fully saturated rings. The fourth-order valence-corrected chi connectivity index (χ4v) is 2.08. The van der Waals surface area contributed by atoms with Crippen LogP contribution in [0.3, 0.4) is 0 Å². The van der Waals surface area contributed by atoms with E-state index in [4.69, 9.17) is 5.11 Å². The zero-order chi connectivity index (χ0) is 12.0. The first-order valence-corrected chi connectivity index (χ1v) is 6.19. The van der Waals surface area contributed by atoms with Crippen molar-refractivity contribution in [1.29, 1.82) is 0 Å². The van der Waals surface area contributed by atoms with Crippen LogP contribution < -0.4 is 0 Å². The van der Waals surface area contributed by atoms with Crippen LogP contribution in [0.15, 0.2) is 11.6 Å². The van der Waals surface area contributed by atoms with Gasteiger partial charge >= 0.3 is 5.97 Å². The lowest BCUT2D eigenvalue weighted by Gasteiger charge is -2.24. The standard InChI is InChI=1S/C13H23NO2/c1-11(10-13(15)16)14(2)9-8-12-6-4-3-5-7-12/h6,11H,3-5,7-10H2,1-2H3,(H,15,16). The average Bonchev–Trinajstić information content (AvgIpc) is 2.26. The lowest BCUT2D eigenvalue weighted by Crippen LogP contribution is -2.32. The molecule has 0 saturated heterocycles. The van der Waals surface area contributed by atoms with Gasteiger partial charge in [0, 0.05) is 12.6 Å². The van der Waals surface area contributed by atoms with Crippen molar-refractivity contribution >= 4 is 5.97 Å². The van der Waals surface area contributed by atoms with Crippen molar-refractivity contribution in [1.82, 2.24) is 4.90 Å². The van der Waals surface area contributed by atoms with E-state index < -0.39 is 5.97 Å². The molecule has 92 valence electrons. The van der Waals surface area contributed by atoms with Gasteiger partial charge in [0.25, 0.3) is 0 Å². The molecule has 1 aliphatic carbocycles. The largest absolute Gasteiger partial charge is 0.481 e. The number of rotatable bonds is 6. The average molecular weight is 225 g/mol. The number of carboxylic acid groups (broad SMARTS) is 1. The maximum Gasteiger partial charge on any atom is 0.304 e. The molecule has 1 N–H and O–H groups in total. The molecule has 0 bridgehead atoms. The molecule has 0 aliphatic heterocycles. The lowest BCUT2D eigenvalue weighted by molar-refractivity contribution is -0.138. The van der Waals surface area contributed by atoms with Gasteiger partial charge in [-0.3, -0.25) is 4.79 Å². The number of aliphatic carboxylic acids is 1. The molecule has 0 heterocycles. The molecule has 0 aromatic carbocycles. The van der Waals surface area contributed by atoms with Crippen LogP contribution in [-0.4, -0.2) is 35.6 Å². The maximum absolute atomic E-state index is 10.6. The molecule has 0 spiro atoms. The molecule has 0 aromatic rings. The number of hydrogen-bond acceptors (Lipinski definition) is 2. The molecular formula is C13H23NO2. The Labute approximate surface area is 98.1 Å². The predicted octanol–water partition coefficient (Wildman–Crippen LogP) is 2.67. The Morgan fingerprint density at radius 1 is 1.56 bits per heavy atom. The fraction of sp³-hybridized carbons (Fsp3) is 0.769. The summed E-state index contributed by atoms with van der Waals surface area (Å²) in [7, 11) is 2.01. The Hall–Kier alpha value is -0.830. The van der Waals surface area contributed by atoms with Gasteiger partial charge in [0.15, 0.2) is 0 Å². The zero-order valence-electron chi connectivity index (χ0n) is 10.4. The number of carbonyl (C=O) groups is 1. The summed E-state index contributed by atoms with van der Waals surface area (Å²) in [5, 5.41) is 8.71. The molecule has 0 aromatic heterocycles. The third-order valence-electron chi connectivity index (χ3n) is 3.39. The monoisotopic (exact) mass is 225 g/mol. The second-order valence-electron chi connectivity index (χ2n) is 4.79. The molecule has 0 amide bonds. The Morgan fingerprint density at radius 2 is 2.31 bits per heavy atom. The van der Waals surface area contributed by atoms with E-state index >= 15 is 0 Å². The highest BCUT2D eigenvalue weighted by Crippen LogP contribution is 2.20. The minimum atomic E-state index is -0.712. The quantitative estimate of drug-likeness (QED) is 0.706. The predicted molar refractivity (Wildman–Crippen MR) is 65.5 cm³/mol. The summed E-state index contributed by atoms with van der Waals surface area (Å²) in [5.74, 6) is -0.712. The molecule has 1 rings (SSSR count). The Morgan fingerprint density at radius 3 is 2.88 bits per heavy atom. The second-order valence-corrected chi connectivity index (χ2v) is 4.79. The SMILES string of the molecule is CC(CC(=O)O)N(C)CCC1=CCCCC1. The van der Waals surface area contributed by atoms with Gasteiger partial charge in [-0.05, 0) is 46.1 Å². The molecule has 0 saturated carbocycles. The molecule has 3 heteroatoms. The van der Waals surface area contributed by atoms with E-state index in [1.807, 2.05) is 14.0 Å². The van der Waals surface area contributed by atoms with Crippen molar-refractivity contribution < 1.29 is 9.90 Å². The first-order chi connectivity index (χ1) is 7.59. The van der Waals surface area contributed by atoms with Gasteiger partial charge in [-0.2, -0.15) is 0 Å². The lowest BCUT2D eigenvalue weighted by atomic mass is 9.97. The van der Waals surface area contributed by atoms with Gasteiger partial charge in [-0.15, -0.1) is 0 Å². The van der Waals surface area contributed by atoms with Crippen molar-refractivity contribution in [2.24, 2.45) is 0 Å². The summed E-state index contributed by atoms with van der Waals surface area (Å²) in [4.78, 5) is 12.7.